The first-order valence-corrected chi connectivity index (χ1v) is 8.68. The molecule has 0 radical (unpaired) electrons. The minimum absolute atomic E-state index is 0.266. The van der Waals surface area contributed by atoms with Gasteiger partial charge in [0.15, 0.2) is 5.96 Å². The van der Waals surface area contributed by atoms with Crippen LogP contribution in [0.4, 0.5) is 4.79 Å². The van der Waals surface area contributed by atoms with Gasteiger partial charge in [-0.2, -0.15) is 0 Å². The van der Waals surface area contributed by atoms with E-state index in [1.807, 2.05) is 6.92 Å². The molecule has 0 saturated carbocycles. The number of guanidine groups is 1. The van der Waals surface area contributed by atoms with Crippen LogP contribution in [-0.2, 0) is 4.74 Å². The summed E-state index contributed by atoms with van der Waals surface area (Å²) in [5.41, 5.74) is 0.793. The van der Waals surface area contributed by atoms with Gasteiger partial charge in [-0.15, -0.1) is 0 Å². The van der Waals surface area contributed by atoms with Crippen molar-refractivity contribution in [2.75, 3.05) is 45.9 Å². The molecule has 1 fully saturated rings. The predicted octanol–water partition coefficient (Wildman–Crippen LogP) is 0.855. The first-order valence-electron chi connectivity index (χ1n) is 8.68. The van der Waals surface area contributed by atoms with Gasteiger partial charge in [-0.3, -0.25) is 9.98 Å². The van der Waals surface area contributed by atoms with Crippen molar-refractivity contribution in [1.82, 2.24) is 20.1 Å². The lowest BCUT2D eigenvalue weighted by Crippen LogP contribution is -2.54. The number of pyridine rings is 1. The third-order valence-corrected chi connectivity index (χ3v) is 3.94. The Kier molecular flexibility index (Phi) is 7.46. The second-order valence-corrected chi connectivity index (χ2v) is 5.66. The number of rotatable bonds is 5. The van der Waals surface area contributed by atoms with Crippen LogP contribution < -0.4 is 5.32 Å². The number of aliphatic hydroxyl groups excluding tert-OH is 1. The first-order chi connectivity index (χ1) is 12.2. The molecular weight excluding hydrogens is 322 g/mol. The van der Waals surface area contributed by atoms with Gasteiger partial charge >= 0.3 is 6.09 Å². The fraction of sp³-hybridized carbons (Fsp3) is 0.588. The molecule has 8 nitrogen and oxygen atoms in total. The SMILES string of the molecule is CCNC(=NCC(O)c1ccncc1)N1CCN(C(=O)OCC)CC1. The van der Waals surface area contributed by atoms with Crippen LogP contribution in [-0.4, -0.2) is 77.8 Å². The van der Waals surface area contributed by atoms with Crippen LogP contribution >= 0.6 is 0 Å². The summed E-state index contributed by atoms with van der Waals surface area (Å²) >= 11 is 0. The Hall–Kier alpha value is -2.35. The number of aliphatic imine (C=N–C) groups is 1. The first kappa shape index (κ1) is 19.0. The van der Waals surface area contributed by atoms with Crippen molar-refractivity contribution in [3.8, 4) is 0 Å². The van der Waals surface area contributed by atoms with Gasteiger partial charge in [0.25, 0.3) is 0 Å². The molecule has 25 heavy (non-hydrogen) atoms. The third-order valence-electron chi connectivity index (χ3n) is 3.94. The number of carbonyl (C=O) groups excluding carboxylic acids is 1. The fourth-order valence-corrected chi connectivity index (χ4v) is 2.61. The molecule has 2 heterocycles. The molecule has 2 rings (SSSR count). The number of carbonyl (C=O) groups is 1. The van der Waals surface area contributed by atoms with E-state index in [1.165, 1.54) is 0 Å². The molecule has 0 bridgehead atoms. The lowest BCUT2D eigenvalue weighted by atomic mass is 10.1. The number of nitrogens with zero attached hydrogens (tertiary/aromatic N) is 4. The minimum Gasteiger partial charge on any atom is -0.450 e. The van der Waals surface area contributed by atoms with Gasteiger partial charge in [-0.25, -0.2) is 4.79 Å². The van der Waals surface area contributed by atoms with Crippen molar-refractivity contribution < 1.29 is 14.6 Å². The van der Waals surface area contributed by atoms with E-state index < -0.39 is 6.10 Å². The van der Waals surface area contributed by atoms with Crippen LogP contribution in [0.5, 0.6) is 0 Å². The maximum absolute atomic E-state index is 11.8. The molecule has 8 heteroatoms. The van der Waals surface area contributed by atoms with E-state index in [2.05, 4.69) is 20.2 Å². The number of hydrogen-bond acceptors (Lipinski definition) is 5. The number of aromatic nitrogens is 1. The van der Waals surface area contributed by atoms with E-state index >= 15 is 0 Å². The highest BCUT2D eigenvalue weighted by molar-refractivity contribution is 5.80. The summed E-state index contributed by atoms with van der Waals surface area (Å²) in [7, 11) is 0. The van der Waals surface area contributed by atoms with Crippen LogP contribution in [0.15, 0.2) is 29.5 Å². The average Bonchev–Trinajstić information content (AvgIpc) is 2.66. The van der Waals surface area contributed by atoms with Crippen molar-refractivity contribution in [2.45, 2.75) is 20.0 Å². The quantitative estimate of drug-likeness (QED) is 0.605. The summed E-state index contributed by atoms with van der Waals surface area (Å²) in [4.78, 5) is 24.1. The highest BCUT2D eigenvalue weighted by Gasteiger charge is 2.23. The summed E-state index contributed by atoms with van der Waals surface area (Å²) in [5, 5.41) is 13.5. The number of nitrogens with one attached hydrogen (secondary N) is 1. The van der Waals surface area contributed by atoms with Gasteiger partial charge < -0.3 is 25.0 Å². The Labute approximate surface area is 148 Å². The van der Waals surface area contributed by atoms with E-state index in [-0.39, 0.29) is 12.6 Å². The lowest BCUT2D eigenvalue weighted by Gasteiger charge is -2.36. The van der Waals surface area contributed by atoms with Gasteiger partial charge in [0.2, 0.25) is 0 Å². The summed E-state index contributed by atoms with van der Waals surface area (Å²) in [6, 6.07) is 3.57. The number of piperazine rings is 1. The Morgan fingerprint density at radius 1 is 1.28 bits per heavy atom. The van der Waals surface area contributed by atoms with Gasteiger partial charge in [-0.1, -0.05) is 0 Å². The summed E-state index contributed by atoms with van der Waals surface area (Å²) in [6.45, 7) is 7.74. The molecule has 0 aromatic carbocycles. The molecular formula is C17H27N5O3. The molecule has 0 spiro atoms. The molecule has 1 aliphatic heterocycles. The van der Waals surface area contributed by atoms with Gasteiger partial charge in [0.1, 0.15) is 0 Å². The summed E-state index contributed by atoms with van der Waals surface area (Å²) in [6.07, 6.45) is 2.37. The lowest BCUT2D eigenvalue weighted by molar-refractivity contribution is 0.0914. The highest BCUT2D eigenvalue weighted by Crippen LogP contribution is 2.12. The molecule has 2 N–H and O–H groups in total. The molecule has 1 aromatic rings. The molecule has 1 unspecified atom stereocenters. The van der Waals surface area contributed by atoms with Crippen molar-refractivity contribution in [3.05, 3.63) is 30.1 Å². The maximum atomic E-state index is 11.8. The topological polar surface area (TPSA) is 90.3 Å². The van der Waals surface area contributed by atoms with Crippen molar-refractivity contribution in [1.29, 1.82) is 0 Å². The van der Waals surface area contributed by atoms with E-state index in [0.29, 0.717) is 32.8 Å². The monoisotopic (exact) mass is 349 g/mol. The zero-order valence-corrected chi connectivity index (χ0v) is 14.9. The summed E-state index contributed by atoms with van der Waals surface area (Å²) in [5.74, 6) is 0.749. The molecule has 1 amide bonds. The van der Waals surface area contributed by atoms with Crippen LogP contribution in [0.25, 0.3) is 0 Å². The molecule has 1 atom stereocenters. The van der Waals surface area contributed by atoms with E-state index in [4.69, 9.17) is 4.74 Å². The Morgan fingerprint density at radius 2 is 1.92 bits per heavy atom. The molecule has 1 aromatic heterocycles. The predicted molar refractivity (Wildman–Crippen MR) is 95.3 cm³/mol. The van der Waals surface area contributed by atoms with Crippen LogP contribution in [0.3, 0.4) is 0 Å². The average molecular weight is 349 g/mol. The Morgan fingerprint density at radius 3 is 2.52 bits per heavy atom. The largest absolute Gasteiger partial charge is 0.450 e. The van der Waals surface area contributed by atoms with Crippen molar-refractivity contribution in [3.63, 3.8) is 0 Å². The normalized spacial score (nSPS) is 16.5. The Bertz CT molecular complexity index is 559. The Balaban J connectivity index is 1.93. The molecule has 0 aliphatic carbocycles. The molecule has 1 aliphatic rings. The zero-order valence-electron chi connectivity index (χ0n) is 14.9. The number of ether oxygens (including phenoxy) is 1. The van der Waals surface area contributed by atoms with E-state index in [9.17, 15) is 9.90 Å². The van der Waals surface area contributed by atoms with Crippen LogP contribution in [0.2, 0.25) is 0 Å². The number of hydrogen-bond donors (Lipinski definition) is 2. The molecule has 1 saturated heterocycles. The highest BCUT2D eigenvalue weighted by atomic mass is 16.6. The minimum atomic E-state index is -0.669. The number of aliphatic hydroxyl groups is 1. The zero-order chi connectivity index (χ0) is 18.1. The third kappa shape index (κ3) is 5.60. The van der Waals surface area contributed by atoms with Crippen molar-refractivity contribution in [2.24, 2.45) is 4.99 Å². The molecule has 138 valence electrons. The van der Waals surface area contributed by atoms with E-state index in [1.54, 1.807) is 36.4 Å². The smallest absolute Gasteiger partial charge is 0.409 e. The van der Waals surface area contributed by atoms with Gasteiger partial charge in [-0.05, 0) is 31.5 Å². The van der Waals surface area contributed by atoms with Gasteiger partial charge in [0, 0.05) is 45.1 Å². The second-order valence-electron chi connectivity index (χ2n) is 5.66. The van der Waals surface area contributed by atoms with Crippen molar-refractivity contribution >= 4 is 12.1 Å². The van der Waals surface area contributed by atoms with Crippen LogP contribution in [0, 0.1) is 0 Å². The number of amides is 1. The maximum Gasteiger partial charge on any atom is 0.409 e. The van der Waals surface area contributed by atoms with Gasteiger partial charge in [0.05, 0.1) is 19.3 Å². The standard InChI is InChI=1S/C17H27N5O3/c1-3-19-16(20-13-15(23)14-5-7-18-8-6-14)21-9-11-22(12-10-21)17(24)25-4-2/h5-8,15,23H,3-4,9-13H2,1-2H3,(H,19,20). The van der Waals surface area contributed by atoms with Crippen LogP contribution in [0.1, 0.15) is 25.5 Å². The fourth-order valence-electron chi connectivity index (χ4n) is 2.61. The second kappa shape index (κ2) is 9.83. The summed E-state index contributed by atoms with van der Waals surface area (Å²) < 4.78 is 5.04. The van der Waals surface area contributed by atoms with E-state index in [0.717, 1.165) is 18.1 Å².